The minimum absolute atomic E-state index is 0. The van der Waals surface area contributed by atoms with Gasteiger partial charge in [-0.05, 0) is 42.0 Å². The maximum atomic E-state index is 13.0. The van der Waals surface area contributed by atoms with Crippen LogP contribution in [0.15, 0.2) is 103 Å². The molecule has 0 aliphatic carbocycles. The second-order valence-corrected chi connectivity index (χ2v) is 8.58. The van der Waals surface area contributed by atoms with E-state index in [1.807, 2.05) is 60.5 Å². The summed E-state index contributed by atoms with van der Waals surface area (Å²) >= 11 is 0. The van der Waals surface area contributed by atoms with Crippen molar-refractivity contribution in [2.24, 2.45) is 0 Å². The quantitative estimate of drug-likeness (QED) is 0.238. The van der Waals surface area contributed by atoms with Gasteiger partial charge in [-0.25, -0.2) is 9.78 Å². The number of benzene rings is 3. The molecule has 2 N–H and O–H groups in total. The van der Waals surface area contributed by atoms with Gasteiger partial charge in [-0.2, -0.15) is 0 Å². The van der Waals surface area contributed by atoms with Gasteiger partial charge in [0, 0.05) is 36.5 Å². The number of anilines is 2. The first-order valence-electron chi connectivity index (χ1n) is 12.0. The Morgan fingerprint density at radius 1 is 0.921 bits per heavy atom. The summed E-state index contributed by atoms with van der Waals surface area (Å²) in [6.07, 6.45) is 2.00. The van der Waals surface area contributed by atoms with Crippen molar-refractivity contribution in [1.29, 1.82) is 0 Å². The Morgan fingerprint density at radius 2 is 1.61 bits per heavy atom. The molecule has 4 rings (SSSR count). The first-order chi connectivity index (χ1) is 18.0. The van der Waals surface area contributed by atoms with E-state index in [0.29, 0.717) is 35.7 Å². The average molecular weight is 532 g/mol. The van der Waals surface area contributed by atoms with Crippen LogP contribution in [-0.2, 0) is 11.2 Å². The van der Waals surface area contributed by atoms with E-state index in [1.165, 1.54) is 0 Å². The fourth-order valence-corrected chi connectivity index (χ4v) is 3.89. The van der Waals surface area contributed by atoms with E-state index in [1.54, 1.807) is 54.7 Å². The fourth-order valence-electron chi connectivity index (χ4n) is 3.89. The Balaban J connectivity index is 0.00000400. The number of pyridine rings is 1. The van der Waals surface area contributed by atoms with Gasteiger partial charge in [-0.3, -0.25) is 4.79 Å². The number of ketones is 1. The monoisotopic (exact) mass is 531 g/mol. The predicted molar refractivity (Wildman–Crippen MR) is 152 cm³/mol. The number of likely N-dealkylation sites (N-methyl/N-ethyl adjacent to an activating group) is 1. The van der Waals surface area contributed by atoms with Crippen LogP contribution in [0, 0.1) is 0 Å². The lowest BCUT2D eigenvalue weighted by Crippen LogP contribution is -2.32. The van der Waals surface area contributed by atoms with E-state index in [-0.39, 0.29) is 24.6 Å². The predicted octanol–water partition coefficient (Wildman–Crippen LogP) is 5.36. The summed E-state index contributed by atoms with van der Waals surface area (Å²) in [7, 11) is 1.96. The SMILES string of the molecule is CN(CCOc1ccc(C[C@H](Nc2ccccc2C(=O)c2ccccc2)C(=O)O)cc1)c1ccccn1.Cl. The van der Waals surface area contributed by atoms with E-state index in [0.717, 1.165) is 11.4 Å². The maximum Gasteiger partial charge on any atom is 0.326 e. The van der Waals surface area contributed by atoms with Crippen molar-refractivity contribution in [3.8, 4) is 5.75 Å². The lowest BCUT2D eigenvalue weighted by Gasteiger charge is -2.19. The fraction of sp³-hybridized carbons (Fsp3) is 0.167. The summed E-state index contributed by atoms with van der Waals surface area (Å²) in [5, 5.41) is 12.9. The third kappa shape index (κ3) is 7.57. The van der Waals surface area contributed by atoms with Crippen LogP contribution in [0.4, 0.5) is 11.5 Å². The number of para-hydroxylation sites is 1. The van der Waals surface area contributed by atoms with Crippen molar-refractivity contribution in [3.63, 3.8) is 0 Å². The van der Waals surface area contributed by atoms with Crippen molar-refractivity contribution in [3.05, 3.63) is 120 Å². The van der Waals surface area contributed by atoms with Crippen LogP contribution >= 0.6 is 12.4 Å². The van der Waals surface area contributed by atoms with Crippen molar-refractivity contribution in [1.82, 2.24) is 4.98 Å². The summed E-state index contributed by atoms with van der Waals surface area (Å²) in [5.74, 6) is 0.417. The largest absolute Gasteiger partial charge is 0.492 e. The normalized spacial score (nSPS) is 11.1. The highest BCUT2D eigenvalue weighted by atomic mass is 35.5. The molecule has 0 spiro atoms. The number of hydrogen-bond acceptors (Lipinski definition) is 6. The molecule has 0 aliphatic heterocycles. The van der Waals surface area contributed by atoms with Gasteiger partial charge in [-0.15, -0.1) is 12.4 Å². The van der Waals surface area contributed by atoms with Crippen molar-refractivity contribution >= 4 is 35.7 Å². The van der Waals surface area contributed by atoms with Gasteiger partial charge in [0.05, 0.1) is 6.54 Å². The zero-order valence-corrected chi connectivity index (χ0v) is 21.8. The number of rotatable bonds is 12. The van der Waals surface area contributed by atoms with Gasteiger partial charge < -0.3 is 20.1 Å². The number of halogens is 1. The van der Waals surface area contributed by atoms with Crippen molar-refractivity contribution in [2.75, 3.05) is 30.4 Å². The zero-order chi connectivity index (χ0) is 26.0. The van der Waals surface area contributed by atoms with Crippen molar-refractivity contribution < 1.29 is 19.4 Å². The number of aliphatic carboxylic acids is 1. The van der Waals surface area contributed by atoms with Gasteiger partial charge >= 0.3 is 5.97 Å². The summed E-state index contributed by atoms with van der Waals surface area (Å²) in [4.78, 5) is 31.4. The number of nitrogens with zero attached hydrogens (tertiary/aromatic N) is 2. The second-order valence-electron chi connectivity index (χ2n) is 8.58. The van der Waals surface area contributed by atoms with Gasteiger partial charge in [0.25, 0.3) is 0 Å². The van der Waals surface area contributed by atoms with Gasteiger partial charge in [-0.1, -0.05) is 60.7 Å². The molecule has 0 aliphatic rings. The van der Waals surface area contributed by atoms with E-state index in [9.17, 15) is 14.7 Å². The van der Waals surface area contributed by atoms with Crippen LogP contribution < -0.4 is 15.0 Å². The van der Waals surface area contributed by atoms with E-state index >= 15 is 0 Å². The summed E-state index contributed by atoms with van der Waals surface area (Å²) in [6.45, 7) is 1.16. The van der Waals surface area contributed by atoms with E-state index in [2.05, 4.69) is 10.3 Å². The summed E-state index contributed by atoms with van der Waals surface area (Å²) in [6, 6.07) is 28.1. The molecule has 4 aromatic rings. The number of nitrogens with one attached hydrogen (secondary N) is 1. The number of carbonyl (C=O) groups excluding carboxylic acids is 1. The van der Waals surface area contributed by atoms with Gasteiger partial charge in [0.1, 0.15) is 24.2 Å². The molecule has 0 unspecified atom stereocenters. The number of carboxylic acid groups (broad SMARTS) is 1. The smallest absolute Gasteiger partial charge is 0.326 e. The topological polar surface area (TPSA) is 91.8 Å². The molecule has 7 nitrogen and oxygen atoms in total. The first kappa shape index (κ1) is 28.2. The van der Waals surface area contributed by atoms with Crippen LogP contribution in [0.3, 0.4) is 0 Å². The number of carboxylic acids is 1. The number of carbonyl (C=O) groups is 2. The van der Waals surface area contributed by atoms with Crippen LogP contribution in [0.25, 0.3) is 0 Å². The van der Waals surface area contributed by atoms with Gasteiger partial charge in [0.2, 0.25) is 0 Å². The molecule has 1 aromatic heterocycles. The molecule has 196 valence electrons. The molecule has 0 fully saturated rings. The molecule has 1 atom stereocenters. The number of ether oxygens (including phenoxy) is 1. The van der Waals surface area contributed by atoms with Crippen LogP contribution in [0.1, 0.15) is 21.5 Å². The van der Waals surface area contributed by atoms with Gasteiger partial charge in [0.15, 0.2) is 5.78 Å². The molecule has 3 aromatic carbocycles. The highest BCUT2D eigenvalue weighted by Gasteiger charge is 2.21. The minimum Gasteiger partial charge on any atom is -0.492 e. The molecule has 38 heavy (non-hydrogen) atoms. The molecule has 0 saturated carbocycles. The molecule has 0 radical (unpaired) electrons. The van der Waals surface area contributed by atoms with E-state index in [4.69, 9.17) is 4.74 Å². The molecular formula is C30H30ClN3O4. The first-order valence-corrected chi connectivity index (χ1v) is 12.0. The van der Waals surface area contributed by atoms with Crippen LogP contribution in [-0.4, -0.2) is 48.1 Å². The Labute approximate surface area is 228 Å². The molecule has 0 bridgehead atoms. The Kier molecular flexibility index (Phi) is 10.3. The lowest BCUT2D eigenvalue weighted by molar-refractivity contribution is -0.137. The zero-order valence-electron chi connectivity index (χ0n) is 21.0. The highest BCUT2D eigenvalue weighted by Crippen LogP contribution is 2.22. The molecule has 0 saturated heterocycles. The third-order valence-corrected chi connectivity index (χ3v) is 5.93. The second kappa shape index (κ2) is 13.8. The minimum atomic E-state index is -1.00. The average Bonchev–Trinajstić information content (AvgIpc) is 2.94. The molecule has 1 heterocycles. The third-order valence-electron chi connectivity index (χ3n) is 5.93. The standard InChI is InChI=1S/C30H29N3O4.ClH/c1-33(28-13-7-8-18-31-28)19-20-37-24-16-14-22(15-17-24)21-27(30(35)36)32-26-12-6-5-11-25(26)29(34)23-9-3-2-4-10-23;/h2-18,27,32H,19-21H2,1H3,(H,35,36);1H/t27-;/m0./s1. The Morgan fingerprint density at radius 3 is 2.29 bits per heavy atom. The highest BCUT2D eigenvalue weighted by molar-refractivity contribution is 6.12. The van der Waals surface area contributed by atoms with E-state index < -0.39 is 12.0 Å². The summed E-state index contributed by atoms with van der Waals surface area (Å²) < 4.78 is 5.85. The lowest BCUT2D eigenvalue weighted by atomic mass is 10.00. The number of hydrogen-bond donors (Lipinski definition) is 2. The summed E-state index contributed by atoms with van der Waals surface area (Å²) in [5.41, 5.74) is 2.30. The number of aromatic nitrogens is 1. The Bertz CT molecular complexity index is 1320. The molecular weight excluding hydrogens is 502 g/mol. The van der Waals surface area contributed by atoms with Crippen molar-refractivity contribution in [2.45, 2.75) is 12.5 Å². The maximum absolute atomic E-state index is 13.0. The molecule has 8 heteroatoms. The Hall–Kier alpha value is -4.36. The van der Waals surface area contributed by atoms with Crippen LogP contribution in [0.5, 0.6) is 5.75 Å². The van der Waals surface area contributed by atoms with Crippen LogP contribution in [0.2, 0.25) is 0 Å². The molecule has 0 amide bonds.